The number of nitrogens with one attached hydrogen (secondary N) is 2. The summed E-state index contributed by atoms with van der Waals surface area (Å²) in [6.07, 6.45) is 1.56. The maximum Gasteiger partial charge on any atom is 0.255 e. The molecule has 0 aliphatic heterocycles. The summed E-state index contributed by atoms with van der Waals surface area (Å²) in [5, 5.41) is 6.54. The van der Waals surface area contributed by atoms with Gasteiger partial charge in [-0.2, -0.15) is 0 Å². The number of aromatic nitrogens is 1. The standard InChI is InChI=1S/C20H17ClFN3O/c1-13-2-5-16(21)11-18(13)25-20(26)15-8-9-23-19(10-15)24-12-14-3-6-17(22)7-4-14/h2-11H,12H2,1H3,(H,23,24)(H,25,26). The molecule has 1 aromatic heterocycles. The lowest BCUT2D eigenvalue weighted by atomic mass is 10.2. The first-order valence-corrected chi connectivity index (χ1v) is 8.41. The molecule has 3 rings (SSSR count). The monoisotopic (exact) mass is 369 g/mol. The van der Waals surface area contributed by atoms with Crippen LogP contribution in [0.2, 0.25) is 5.02 Å². The van der Waals surface area contributed by atoms with Crippen molar-refractivity contribution >= 4 is 29.0 Å². The van der Waals surface area contributed by atoms with Crippen LogP contribution in [0, 0.1) is 12.7 Å². The third kappa shape index (κ3) is 4.58. The zero-order valence-corrected chi connectivity index (χ0v) is 14.8. The third-order valence-corrected chi connectivity index (χ3v) is 4.09. The Hall–Kier alpha value is -2.92. The van der Waals surface area contributed by atoms with Crippen LogP contribution in [-0.4, -0.2) is 10.9 Å². The summed E-state index contributed by atoms with van der Waals surface area (Å²) in [5.74, 6) is 0.0363. The van der Waals surface area contributed by atoms with Crippen LogP contribution in [0.1, 0.15) is 21.5 Å². The highest BCUT2D eigenvalue weighted by Crippen LogP contribution is 2.21. The lowest BCUT2D eigenvalue weighted by molar-refractivity contribution is 0.102. The molecule has 0 saturated heterocycles. The average molecular weight is 370 g/mol. The van der Waals surface area contributed by atoms with Gasteiger partial charge in [-0.25, -0.2) is 9.37 Å². The highest BCUT2D eigenvalue weighted by Gasteiger charge is 2.09. The molecule has 0 fully saturated rings. The normalized spacial score (nSPS) is 10.4. The van der Waals surface area contributed by atoms with E-state index in [1.54, 1.807) is 42.6 Å². The van der Waals surface area contributed by atoms with Gasteiger partial charge in [0.2, 0.25) is 0 Å². The van der Waals surface area contributed by atoms with Gasteiger partial charge in [-0.3, -0.25) is 4.79 Å². The number of amides is 1. The van der Waals surface area contributed by atoms with E-state index in [0.29, 0.717) is 28.6 Å². The van der Waals surface area contributed by atoms with Crippen molar-refractivity contribution in [3.63, 3.8) is 0 Å². The van der Waals surface area contributed by atoms with Crippen molar-refractivity contribution < 1.29 is 9.18 Å². The van der Waals surface area contributed by atoms with Crippen molar-refractivity contribution in [2.75, 3.05) is 10.6 Å². The molecule has 3 aromatic rings. The zero-order valence-electron chi connectivity index (χ0n) is 14.1. The summed E-state index contributed by atoms with van der Waals surface area (Å²) < 4.78 is 12.9. The van der Waals surface area contributed by atoms with Gasteiger partial charge < -0.3 is 10.6 Å². The first-order valence-electron chi connectivity index (χ1n) is 8.03. The fourth-order valence-electron chi connectivity index (χ4n) is 2.39. The minimum Gasteiger partial charge on any atom is -0.366 e. The third-order valence-electron chi connectivity index (χ3n) is 3.86. The molecule has 1 heterocycles. The van der Waals surface area contributed by atoms with E-state index in [2.05, 4.69) is 15.6 Å². The van der Waals surface area contributed by atoms with Gasteiger partial charge in [0.15, 0.2) is 0 Å². The predicted molar refractivity (Wildman–Crippen MR) is 102 cm³/mol. The Morgan fingerprint density at radius 2 is 1.88 bits per heavy atom. The van der Waals surface area contributed by atoms with Crippen LogP contribution in [0.15, 0.2) is 60.8 Å². The second kappa shape index (κ2) is 7.97. The van der Waals surface area contributed by atoms with Crippen LogP contribution >= 0.6 is 11.6 Å². The predicted octanol–water partition coefficient (Wildman–Crippen LogP) is 5.05. The molecule has 0 spiro atoms. The Kier molecular flexibility index (Phi) is 5.49. The van der Waals surface area contributed by atoms with Crippen LogP contribution in [-0.2, 0) is 6.54 Å². The van der Waals surface area contributed by atoms with E-state index in [4.69, 9.17) is 11.6 Å². The lowest BCUT2D eigenvalue weighted by Crippen LogP contribution is -2.13. The van der Waals surface area contributed by atoms with E-state index in [0.717, 1.165) is 11.1 Å². The molecule has 0 aliphatic carbocycles. The number of halogens is 2. The number of aryl methyl sites for hydroxylation is 1. The molecule has 2 aromatic carbocycles. The lowest BCUT2D eigenvalue weighted by Gasteiger charge is -2.10. The fourth-order valence-corrected chi connectivity index (χ4v) is 2.56. The quantitative estimate of drug-likeness (QED) is 0.662. The van der Waals surface area contributed by atoms with Crippen molar-refractivity contribution in [2.45, 2.75) is 13.5 Å². The molecule has 0 unspecified atom stereocenters. The summed E-state index contributed by atoms with van der Waals surface area (Å²) in [6.45, 7) is 2.37. The molecule has 1 amide bonds. The van der Waals surface area contributed by atoms with E-state index in [9.17, 15) is 9.18 Å². The Bertz CT molecular complexity index is 929. The van der Waals surface area contributed by atoms with E-state index in [-0.39, 0.29) is 11.7 Å². The largest absolute Gasteiger partial charge is 0.366 e. The molecule has 0 aliphatic rings. The fraction of sp³-hybridized carbons (Fsp3) is 0.100. The number of carbonyl (C=O) groups excluding carboxylic acids is 1. The number of hydrogen-bond acceptors (Lipinski definition) is 3. The maximum absolute atomic E-state index is 12.9. The second-order valence-corrected chi connectivity index (χ2v) is 6.26. The first kappa shape index (κ1) is 17.9. The van der Waals surface area contributed by atoms with Gasteiger partial charge in [-0.1, -0.05) is 29.8 Å². The Morgan fingerprint density at radius 3 is 2.65 bits per heavy atom. The zero-order chi connectivity index (χ0) is 18.5. The van der Waals surface area contributed by atoms with Gasteiger partial charge in [0, 0.05) is 29.0 Å². The second-order valence-electron chi connectivity index (χ2n) is 5.82. The van der Waals surface area contributed by atoms with Gasteiger partial charge in [0.25, 0.3) is 5.91 Å². The van der Waals surface area contributed by atoms with Crippen molar-refractivity contribution in [3.8, 4) is 0 Å². The van der Waals surface area contributed by atoms with Crippen molar-refractivity contribution in [1.82, 2.24) is 4.98 Å². The first-order chi connectivity index (χ1) is 12.5. The maximum atomic E-state index is 12.9. The Labute approximate surface area is 156 Å². The van der Waals surface area contributed by atoms with Gasteiger partial charge >= 0.3 is 0 Å². The van der Waals surface area contributed by atoms with Crippen LogP contribution in [0.4, 0.5) is 15.9 Å². The van der Waals surface area contributed by atoms with E-state index in [1.165, 1.54) is 12.1 Å². The highest BCUT2D eigenvalue weighted by molar-refractivity contribution is 6.31. The van der Waals surface area contributed by atoms with Crippen molar-refractivity contribution in [1.29, 1.82) is 0 Å². The molecule has 0 radical (unpaired) electrons. The summed E-state index contributed by atoms with van der Waals surface area (Å²) in [7, 11) is 0. The molecule has 0 saturated carbocycles. The van der Waals surface area contributed by atoms with Crippen LogP contribution in [0.5, 0.6) is 0 Å². The molecular formula is C20H17ClFN3O. The SMILES string of the molecule is Cc1ccc(Cl)cc1NC(=O)c1ccnc(NCc2ccc(F)cc2)c1. The average Bonchev–Trinajstić information content (AvgIpc) is 2.64. The van der Waals surface area contributed by atoms with Gasteiger partial charge in [0.05, 0.1) is 0 Å². The minimum absolute atomic E-state index is 0.248. The van der Waals surface area contributed by atoms with Gasteiger partial charge in [-0.05, 0) is 54.4 Å². The molecule has 0 bridgehead atoms. The Balaban J connectivity index is 1.69. The van der Waals surface area contributed by atoms with Crippen LogP contribution in [0.3, 0.4) is 0 Å². The van der Waals surface area contributed by atoms with Gasteiger partial charge in [0.1, 0.15) is 11.6 Å². The highest BCUT2D eigenvalue weighted by atomic mass is 35.5. The number of carbonyl (C=O) groups is 1. The number of benzene rings is 2. The number of nitrogens with zero attached hydrogens (tertiary/aromatic N) is 1. The smallest absolute Gasteiger partial charge is 0.255 e. The van der Waals surface area contributed by atoms with E-state index in [1.807, 2.05) is 13.0 Å². The summed E-state index contributed by atoms with van der Waals surface area (Å²) in [4.78, 5) is 16.7. The van der Waals surface area contributed by atoms with Crippen molar-refractivity contribution in [2.24, 2.45) is 0 Å². The molecule has 0 atom stereocenters. The number of pyridine rings is 1. The van der Waals surface area contributed by atoms with Crippen LogP contribution < -0.4 is 10.6 Å². The van der Waals surface area contributed by atoms with Gasteiger partial charge in [-0.15, -0.1) is 0 Å². The van der Waals surface area contributed by atoms with E-state index < -0.39 is 0 Å². The topological polar surface area (TPSA) is 54.0 Å². The van der Waals surface area contributed by atoms with Crippen LogP contribution in [0.25, 0.3) is 0 Å². The molecule has 4 nitrogen and oxygen atoms in total. The number of hydrogen-bond donors (Lipinski definition) is 2. The minimum atomic E-state index is -0.276. The molecule has 132 valence electrons. The molecular weight excluding hydrogens is 353 g/mol. The van der Waals surface area contributed by atoms with Crippen molar-refractivity contribution in [3.05, 3.63) is 88.3 Å². The number of rotatable bonds is 5. The molecule has 2 N–H and O–H groups in total. The Morgan fingerprint density at radius 1 is 1.12 bits per heavy atom. The molecule has 6 heteroatoms. The molecule has 26 heavy (non-hydrogen) atoms. The summed E-state index contributed by atoms with van der Waals surface area (Å²) in [5.41, 5.74) is 2.98. The summed E-state index contributed by atoms with van der Waals surface area (Å²) >= 11 is 5.99. The number of anilines is 2. The summed E-state index contributed by atoms with van der Waals surface area (Å²) in [6, 6.07) is 14.8. The van der Waals surface area contributed by atoms with E-state index >= 15 is 0 Å².